The lowest BCUT2D eigenvalue weighted by Gasteiger charge is -2.17. The highest BCUT2D eigenvalue weighted by molar-refractivity contribution is 7.98. The summed E-state index contributed by atoms with van der Waals surface area (Å²) in [6.07, 6.45) is 7.64. The number of nitrogens with one attached hydrogen (secondary N) is 2. The van der Waals surface area contributed by atoms with Crippen LogP contribution >= 0.6 is 11.8 Å². The van der Waals surface area contributed by atoms with Crippen LogP contribution < -0.4 is 10.0 Å². The number of anilines is 1. The molecule has 2 N–H and O–H groups in total. The van der Waals surface area contributed by atoms with E-state index >= 15 is 0 Å². The molecule has 0 aromatic heterocycles. The quantitative estimate of drug-likeness (QED) is 0.706. The molecule has 1 unspecified atom stereocenters. The van der Waals surface area contributed by atoms with Crippen molar-refractivity contribution in [3.05, 3.63) is 29.8 Å². The molecule has 22 heavy (non-hydrogen) atoms. The van der Waals surface area contributed by atoms with Crippen LogP contribution in [0.3, 0.4) is 0 Å². The van der Waals surface area contributed by atoms with Crippen molar-refractivity contribution in [3.8, 4) is 12.3 Å². The van der Waals surface area contributed by atoms with E-state index in [2.05, 4.69) is 16.0 Å². The Morgan fingerprint density at radius 2 is 2.18 bits per heavy atom. The van der Waals surface area contributed by atoms with Crippen LogP contribution in [-0.2, 0) is 14.8 Å². The van der Waals surface area contributed by atoms with Crippen molar-refractivity contribution in [2.45, 2.75) is 19.4 Å². The van der Waals surface area contributed by atoms with E-state index in [1.807, 2.05) is 6.26 Å². The summed E-state index contributed by atoms with van der Waals surface area (Å²) >= 11 is 1.55. The van der Waals surface area contributed by atoms with Crippen LogP contribution in [0.15, 0.2) is 24.3 Å². The number of sulfonamides is 1. The second-order valence-corrected chi connectivity index (χ2v) is 7.60. The van der Waals surface area contributed by atoms with E-state index in [1.54, 1.807) is 36.0 Å². The molecular formula is C15H20N2O3S2. The highest BCUT2D eigenvalue weighted by Crippen LogP contribution is 2.12. The molecule has 1 rings (SSSR count). The number of amides is 1. The van der Waals surface area contributed by atoms with Gasteiger partial charge in [0, 0.05) is 11.3 Å². The van der Waals surface area contributed by atoms with Crippen LogP contribution in [-0.4, -0.2) is 38.1 Å². The summed E-state index contributed by atoms with van der Waals surface area (Å²) < 4.78 is 25.8. The highest BCUT2D eigenvalue weighted by Gasteiger charge is 2.23. The van der Waals surface area contributed by atoms with E-state index in [0.29, 0.717) is 23.4 Å². The Kier molecular flexibility index (Phi) is 7.45. The summed E-state index contributed by atoms with van der Waals surface area (Å²) in [5.41, 5.74) is 1.19. The van der Waals surface area contributed by atoms with Gasteiger partial charge in [-0.05, 0) is 43.6 Å². The second-order valence-electron chi connectivity index (χ2n) is 4.57. The minimum Gasteiger partial charge on any atom is -0.325 e. The molecule has 1 atom stereocenters. The number of terminal acetylenes is 1. The van der Waals surface area contributed by atoms with Gasteiger partial charge < -0.3 is 5.32 Å². The minimum absolute atomic E-state index is 0.0668. The zero-order valence-electron chi connectivity index (χ0n) is 12.6. The molecule has 0 saturated heterocycles. The normalized spacial score (nSPS) is 12.4. The van der Waals surface area contributed by atoms with Crippen molar-refractivity contribution >= 4 is 33.4 Å². The molecule has 0 spiro atoms. The number of thioether (sulfide) groups is 1. The van der Waals surface area contributed by atoms with Crippen LogP contribution in [0.1, 0.15) is 18.9 Å². The standard InChI is InChI=1S/C15H20N2O3S2/c1-4-12-7-6-8-13(11-12)16-15(18)14(9-10-21-3)17-22(19,20)5-2/h1,6-8,11,14,17H,5,9-10H2,2-3H3,(H,16,18). The molecule has 1 aromatic rings. The fourth-order valence-electron chi connectivity index (χ4n) is 1.70. The molecule has 0 bridgehead atoms. The Balaban J connectivity index is 2.84. The number of hydrogen-bond acceptors (Lipinski definition) is 4. The number of hydrogen-bond donors (Lipinski definition) is 2. The molecule has 0 fully saturated rings. The van der Waals surface area contributed by atoms with Crippen LogP contribution in [0.25, 0.3) is 0 Å². The molecule has 0 aliphatic rings. The van der Waals surface area contributed by atoms with Crippen molar-refractivity contribution in [3.63, 3.8) is 0 Å². The molecule has 0 heterocycles. The predicted molar refractivity (Wildman–Crippen MR) is 92.4 cm³/mol. The fourth-order valence-corrected chi connectivity index (χ4v) is 2.99. The summed E-state index contributed by atoms with van der Waals surface area (Å²) in [4.78, 5) is 12.3. The van der Waals surface area contributed by atoms with Gasteiger partial charge >= 0.3 is 0 Å². The van der Waals surface area contributed by atoms with Gasteiger partial charge in [0.1, 0.15) is 6.04 Å². The number of carbonyl (C=O) groups is 1. The zero-order chi connectivity index (χ0) is 16.6. The average Bonchev–Trinajstić information content (AvgIpc) is 2.51. The van der Waals surface area contributed by atoms with E-state index in [1.165, 1.54) is 6.92 Å². The maximum Gasteiger partial charge on any atom is 0.242 e. The van der Waals surface area contributed by atoms with Crippen LogP contribution in [0.2, 0.25) is 0 Å². The molecule has 0 radical (unpaired) electrons. The SMILES string of the molecule is C#Cc1cccc(NC(=O)C(CCSC)NS(=O)(=O)CC)c1. The van der Waals surface area contributed by atoms with E-state index in [0.717, 1.165) is 0 Å². The lowest BCUT2D eigenvalue weighted by molar-refractivity contribution is -0.117. The van der Waals surface area contributed by atoms with E-state index in [9.17, 15) is 13.2 Å². The zero-order valence-corrected chi connectivity index (χ0v) is 14.3. The second kappa shape index (κ2) is 8.83. The van der Waals surface area contributed by atoms with Gasteiger partial charge in [0.25, 0.3) is 0 Å². The Bertz CT molecular complexity index is 651. The Hall–Kier alpha value is -1.49. The van der Waals surface area contributed by atoms with Crippen molar-refractivity contribution in [2.24, 2.45) is 0 Å². The lowest BCUT2D eigenvalue weighted by atomic mass is 10.2. The fraction of sp³-hybridized carbons (Fsp3) is 0.400. The van der Waals surface area contributed by atoms with Gasteiger partial charge in [0.05, 0.1) is 5.75 Å². The van der Waals surface area contributed by atoms with Gasteiger partial charge in [0.2, 0.25) is 15.9 Å². The van der Waals surface area contributed by atoms with Gasteiger partial charge in [0.15, 0.2) is 0 Å². The third kappa shape index (κ3) is 6.10. The summed E-state index contributed by atoms with van der Waals surface area (Å²) in [6.45, 7) is 1.53. The molecular weight excluding hydrogens is 320 g/mol. The van der Waals surface area contributed by atoms with E-state index in [4.69, 9.17) is 6.42 Å². The van der Waals surface area contributed by atoms with Crippen LogP contribution in [0, 0.1) is 12.3 Å². The first-order valence-corrected chi connectivity index (χ1v) is 9.83. The Labute approximate surface area is 136 Å². The molecule has 120 valence electrons. The van der Waals surface area contributed by atoms with Gasteiger partial charge in [-0.25, -0.2) is 13.1 Å². The van der Waals surface area contributed by atoms with E-state index in [-0.39, 0.29) is 11.7 Å². The first-order chi connectivity index (χ1) is 10.4. The monoisotopic (exact) mass is 340 g/mol. The van der Waals surface area contributed by atoms with Crippen molar-refractivity contribution in [2.75, 3.05) is 23.1 Å². The third-order valence-electron chi connectivity index (χ3n) is 2.93. The summed E-state index contributed by atoms with van der Waals surface area (Å²) in [5.74, 6) is 2.71. The summed E-state index contributed by atoms with van der Waals surface area (Å²) in [6, 6.07) is 6.06. The average molecular weight is 340 g/mol. The highest BCUT2D eigenvalue weighted by atomic mass is 32.2. The topological polar surface area (TPSA) is 75.3 Å². The smallest absolute Gasteiger partial charge is 0.242 e. The van der Waals surface area contributed by atoms with Gasteiger partial charge in [-0.3, -0.25) is 4.79 Å². The third-order valence-corrected chi connectivity index (χ3v) is 4.97. The Morgan fingerprint density at radius 3 is 2.77 bits per heavy atom. The summed E-state index contributed by atoms with van der Waals surface area (Å²) in [7, 11) is -3.45. The molecule has 1 aromatic carbocycles. The maximum atomic E-state index is 12.3. The molecule has 1 amide bonds. The molecule has 5 nitrogen and oxygen atoms in total. The van der Waals surface area contributed by atoms with Crippen LogP contribution in [0.5, 0.6) is 0 Å². The number of rotatable bonds is 8. The molecule has 0 aliphatic carbocycles. The molecule has 0 saturated carbocycles. The largest absolute Gasteiger partial charge is 0.325 e. The number of carbonyl (C=O) groups excluding carboxylic acids is 1. The van der Waals surface area contributed by atoms with Gasteiger partial charge in [-0.15, -0.1) is 6.42 Å². The molecule has 0 aliphatic heterocycles. The van der Waals surface area contributed by atoms with Crippen molar-refractivity contribution < 1.29 is 13.2 Å². The molecule has 7 heteroatoms. The Morgan fingerprint density at radius 1 is 1.45 bits per heavy atom. The van der Waals surface area contributed by atoms with E-state index < -0.39 is 16.1 Å². The van der Waals surface area contributed by atoms with Crippen LogP contribution in [0.4, 0.5) is 5.69 Å². The van der Waals surface area contributed by atoms with Crippen molar-refractivity contribution in [1.82, 2.24) is 4.72 Å². The lowest BCUT2D eigenvalue weighted by Crippen LogP contribution is -2.44. The summed E-state index contributed by atoms with van der Waals surface area (Å²) in [5, 5.41) is 2.70. The predicted octanol–water partition coefficient (Wildman–Crippen LogP) is 1.67. The van der Waals surface area contributed by atoms with Crippen molar-refractivity contribution in [1.29, 1.82) is 0 Å². The van der Waals surface area contributed by atoms with Gasteiger partial charge in [-0.2, -0.15) is 11.8 Å². The minimum atomic E-state index is -3.45. The number of benzene rings is 1. The first kappa shape index (κ1) is 18.6. The first-order valence-electron chi connectivity index (χ1n) is 6.78. The maximum absolute atomic E-state index is 12.3. The van der Waals surface area contributed by atoms with Gasteiger partial charge in [-0.1, -0.05) is 12.0 Å².